The summed E-state index contributed by atoms with van der Waals surface area (Å²) in [6, 6.07) is 31.1. The zero-order valence-corrected chi connectivity index (χ0v) is 32.7. The van der Waals surface area contributed by atoms with Crippen LogP contribution in [0.3, 0.4) is 0 Å². The van der Waals surface area contributed by atoms with E-state index in [1.807, 2.05) is 42.5 Å². The molecule has 0 saturated heterocycles. The second kappa shape index (κ2) is 16.5. The lowest BCUT2D eigenvalue weighted by Gasteiger charge is -2.46. The Morgan fingerprint density at radius 3 is 1.64 bits per heavy atom. The van der Waals surface area contributed by atoms with E-state index in [9.17, 15) is 4.79 Å². The van der Waals surface area contributed by atoms with Gasteiger partial charge in [-0.1, -0.05) is 145 Å². The van der Waals surface area contributed by atoms with Crippen LogP contribution in [-0.2, 0) is 25.0 Å². The molecule has 0 amide bonds. The van der Waals surface area contributed by atoms with Crippen LogP contribution in [0.2, 0.25) is 23.2 Å². The first-order valence-electron chi connectivity index (χ1n) is 16.9. The minimum Gasteiger partial charge on any atom is -0.410 e. The third kappa shape index (κ3) is 9.61. The third-order valence-corrected chi connectivity index (χ3v) is 19.2. The number of ether oxygens (including phenoxy) is 1. The van der Waals surface area contributed by atoms with E-state index >= 15 is 0 Å². The fraction of sp³-hybridized carbons (Fsp3) is 0.439. The number of allylic oxidation sites excluding steroid dienone is 1. The third-order valence-electron chi connectivity index (χ3n) is 9.75. The fourth-order valence-electron chi connectivity index (χ4n) is 5.72. The van der Waals surface area contributed by atoms with Gasteiger partial charge in [-0.2, -0.15) is 0 Å². The van der Waals surface area contributed by atoms with Crippen LogP contribution >= 0.6 is 0 Å². The maximum atomic E-state index is 13.0. The normalized spacial score (nSPS) is 15.6. The summed E-state index contributed by atoms with van der Waals surface area (Å²) in [4.78, 5) is 13.0. The Hall–Kier alpha value is -2.88. The summed E-state index contributed by atoms with van der Waals surface area (Å²) in [5.41, 5.74) is 3.18. The highest BCUT2D eigenvalue weighted by Gasteiger charge is 2.52. The van der Waals surface area contributed by atoms with Gasteiger partial charge >= 0.3 is 0 Å². The lowest BCUT2D eigenvalue weighted by atomic mass is 10.0. The van der Waals surface area contributed by atoms with Crippen molar-refractivity contribution in [3.63, 3.8) is 0 Å². The summed E-state index contributed by atoms with van der Waals surface area (Å²) in [6.45, 7) is 24.8. The quantitative estimate of drug-likeness (QED) is 0.0918. The molecule has 6 heteroatoms. The Labute approximate surface area is 287 Å². The van der Waals surface area contributed by atoms with Gasteiger partial charge in [0, 0.05) is 0 Å². The Bertz CT molecular complexity index is 1410. The first-order valence-corrected chi connectivity index (χ1v) is 21.8. The Kier molecular flexibility index (Phi) is 13.5. The zero-order chi connectivity index (χ0) is 34.9. The molecule has 3 unspecified atom stereocenters. The van der Waals surface area contributed by atoms with E-state index in [1.165, 1.54) is 5.57 Å². The molecule has 0 heterocycles. The minimum absolute atomic E-state index is 0.0655. The Morgan fingerprint density at radius 2 is 1.21 bits per heavy atom. The van der Waals surface area contributed by atoms with E-state index in [-0.39, 0.29) is 16.2 Å². The van der Waals surface area contributed by atoms with Gasteiger partial charge in [0.05, 0.1) is 12.7 Å². The van der Waals surface area contributed by atoms with Crippen molar-refractivity contribution in [1.82, 2.24) is 0 Å². The van der Waals surface area contributed by atoms with Crippen molar-refractivity contribution in [3.8, 4) is 0 Å². The predicted octanol–water partition coefficient (Wildman–Crippen LogP) is 9.41. The predicted molar refractivity (Wildman–Crippen MR) is 203 cm³/mol. The average Bonchev–Trinajstić information content (AvgIpc) is 3.04. The molecule has 254 valence electrons. The van der Waals surface area contributed by atoms with Crippen molar-refractivity contribution in [2.75, 3.05) is 0 Å². The van der Waals surface area contributed by atoms with E-state index in [4.69, 9.17) is 13.6 Å². The van der Waals surface area contributed by atoms with Gasteiger partial charge in [0.1, 0.15) is 12.2 Å². The molecule has 0 fully saturated rings. The van der Waals surface area contributed by atoms with Crippen LogP contribution in [0.5, 0.6) is 0 Å². The zero-order valence-electron chi connectivity index (χ0n) is 30.7. The van der Waals surface area contributed by atoms with Crippen molar-refractivity contribution < 1.29 is 18.4 Å². The van der Waals surface area contributed by atoms with Crippen molar-refractivity contribution in [2.24, 2.45) is 0 Å². The SMILES string of the molecule is C/C=C(/C)C(C/C=C(\C)C(O[Si](c1ccccc1)(c1ccccc1)C(C)(C)C)C(C=O)OCc1ccccc1)O[Si](C)(C)C(C)(C)C. The molecule has 3 aromatic rings. The molecule has 0 aliphatic rings. The van der Waals surface area contributed by atoms with Gasteiger partial charge in [-0.25, -0.2) is 0 Å². The first kappa shape index (κ1) is 38.6. The smallest absolute Gasteiger partial charge is 0.262 e. The molecule has 0 spiro atoms. The number of hydrogen-bond acceptors (Lipinski definition) is 4. The summed E-state index contributed by atoms with van der Waals surface area (Å²) < 4.78 is 21.0. The van der Waals surface area contributed by atoms with Crippen molar-refractivity contribution in [1.29, 1.82) is 0 Å². The number of rotatable bonds is 15. The number of hydrogen-bond donors (Lipinski definition) is 0. The molecule has 4 nitrogen and oxygen atoms in total. The van der Waals surface area contributed by atoms with Crippen LogP contribution in [-0.4, -0.2) is 41.2 Å². The van der Waals surface area contributed by atoms with Crippen LogP contribution in [0.25, 0.3) is 0 Å². The molecule has 3 rings (SSSR count). The number of carbonyl (C=O) groups is 1. The average molecular weight is 671 g/mol. The largest absolute Gasteiger partial charge is 0.410 e. The van der Waals surface area contributed by atoms with Gasteiger partial charge in [-0.05, 0) is 77.4 Å². The topological polar surface area (TPSA) is 44.8 Å². The van der Waals surface area contributed by atoms with Crippen molar-refractivity contribution in [2.45, 2.75) is 117 Å². The molecular formula is C41H58O4Si2. The molecule has 0 N–H and O–H groups in total. The minimum atomic E-state index is -3.03. The van der Waals surface area contributed by atoms with E-state index < -0.39 is 28.8 Å². The Morgan fingerprint density at radius 1 is 0.723 bits per heavy atom. The van der Waals surface area contributed by atoms with Crippen molar-refractivity contribution >= 4 is 33.3 Å². The van der Waals surface area contributed by atoms with Crippen LogP contribution < -0.4 is 10.4 Å². The van der Waals surface area contributed by atoms with E-state index in [1.54, 1.807) is 0 Å². The summed E-state index contributed by atoms with van der Waals surface area (Å²) in [5.74, 6) is 0. The van der Waals surface area contributed by atoms with Gasteiger partial charge < -0.3 is 18.4 Å². The molecule has 0 bridgehead atoms. The fourth-order valence-corrected chi connectivity index (χ4v) is 11.8. The highest BCUT2D eigenvalue weighted by molar-refractivity contribution is 6.99. The summed E-state index contributed by atoms with van der Waals surface area (Å²) >= 11 is 0. The summed E-state index contributed by atoms with van der Waals surface area (Å²) in [5, 5.41) is 2.14. The number of benzene rings is 3. The monoisotopic (exact) mass is 670 g/mol. The molecule has 0 radical (unpaired) electrons. The Balaban J connectivity index is 2.17. The lowest BCUT2D eigenvalue weighted by Crippen LogP contribution is -2.68. The standard InChI is InChI=1S/C41H58O4Si2/c1-12-32(2)37(44-46(10,11)40(4,5)6)29-28-33(3)39(38(30-42)43-31-34-22-16-13-17-23-34)45-47(41(7,8)9,35-24-18-14-19-25-35)36-26-20-15-21-27-36/h12-28,30,37-39H,29,31H2,1-11H3/b32-12-,33-28+. The van der Waals surface area contributed by atoms with E-state index in [0.717, 1.165) is 27.8 Å². The van der Waals surface area contributed by atoms with Gasteiger partial charge in [-0.3, -0.25) is 0 Å². The molecule has 0 aromatic heterocycles. The maximum Gasteiger partial charge on any atom is 0.262 e. The molecule has 0 aliphatic carbocycles. The number of aldehydes is 1. The highest BCUT2D eigenvalue weighted by atomic mass is 28.4. The second-order valence-corrected chi connectivity index (χ2v) is 24.2. The van der Waals surface area contributed by atoms with Crippen LogP contribution in [0.15, 0.2) is 114 Å². The maximum absolute atomic E-state index is 13.0. The molecule has 3 atom stereocenters. The van der Waals surface area contributed by atoms with E-state index in [2.05, 4.69) is 136 Å². The second-order valence-electron chi connectivity index (χ2n) is 15.2. The molecular weight excluding hydrogens is 613 g/mol. The molecule has 3 aromatic carbocycles. The lowest BCUT2D eigenvalue weighted by molar-refractivity contribution is -0.124. The van der Waals surface area contributed by atoms with Gasteiger partial charge in [0.2, 0.25) is 0 Å². The van der Waals surface area contributed by atoms with Gasteiger partial charge in [-0.15, -0.1) is 0 Å². The van der Waals surface area contributed by atoms with Gasteiger partial charge in [0.15, 0.2) is 14.6 Å². The molecule has 0 aliphatic heterocycles. The first-order chi connectivity index (χ1) is 22.1. The summed E-state index contributed by atoms with van der Waals surface area (Å²) in [6.07, 6.45) is 4.48. The van der Waals surface area contributed by atoms with Crippen LogP contribution in [0.4, 0.5) is 0 Å². The van der Waals surface area contributed by atoms with Crippen molar-refractivity contribution in [3.05, 3.63) is 120 Å². The van der Waals surface area contributed by atoms with E-state index in [0.29, 0.717) is 13.0 Å². The van der Waals surface area contributed by atoms with Crippen LogP contribution in [0, 0.1) is 0 Å². The number of carbonyl (C=O) groups excluding carboxylic acids is 1. The van der Waals surface area contributed by atoms with Crippen LogP contribution in [0.1, 0.15) is 74.3 Å². The highest BCUT2D eigenvalue weighted by Crippen LogP contribution is 2.40. The van der Waals surface area contributed by atoms with Gasteiger partial charge in [0.25, 0.3) is 8.32 Å². The summed E-state index contributed by atoms with van der Waals surface area (Å²) in [7, 11) is -5.08. The molecule has 47 heavy (non-hydrogen) atoms. The molecule has 0 saturated carbocycles.